The predicted octanol–water partition coefficient (Wildman–Crippen LogP) is 2.49. The molecule has 0 radical (unpaired) electrons. The summed E-state index contributed by atoms with van der Waals surface area (Å²) < 4.78 is 17.8. The summed E-state index contributed by atoms with van der Waals surface area (Å²) in [6.07, 6.45) is 1.79. The predicted molar refractivity (Wildman–Crippen MR) is 82.0 cm³/mol. The third-order valence-corrected chi connectivity index (χ3v) is 5.95. The molecule has 0 amide bonds. The Kier molecular flexibility index (Phi) is 5.25. The molecule has 108 valence electrons. The van der Waals surface area contributed by atoms with Gasteiger partial charge in [0.25, 0.3) is 0 Å². The molecule has 5 heteroatoms. The van der Waals surface area contributed by atoms with Gasteiger partial charge in [0.2, 0.25) is 0 Å². The van der Waals surface area contributed by atoms with Crippen LogP contribution >= 0.6 is 0 Å². The fourth-order valence-electron chi connectivity index (χ4n) is 2.26. The van der Waals surface area contributed by atoms with Crippen molar-refractivity contribution in [3.63, 3.8) is 0 Å². The van der Waals surface area contributed by atoms with Crippen molar-refractivity contribution < 1.29 is 13.3 Å². The van der Waals surface area contributed by atoms with Crippen LogP contribution in [-0.2, 0) is 13.3 Å². The summed E-state index contributed by atoms with van der Waals surface area (Å²) in [7, 11) is -2.95. The maximum absolute atomic E-state index is 5.94. The number of hydrogen-bond donors (Lipinski definition) is 0. The molecule has 0 N–H and O–H groups in total. The third kappa shape index (κ3) is 2.91. The number of pyridine rings is 1. The van der Waals surface area contributed by atoms with E-state index in [1.54, 1.807) is 6.20 Å². The molecule has 0 bridgehead atoms. The number of hydrogen-bond acceptors (Lipinski definition) is 4. The minimum absolute atomic E-state index is 0.539. The Hall–Kier alpha value is -1.27. The van der Waals surface area contributed by atoms with Crippen LogP contribution in [0.2, 0.25) is 0 Å². The van der Waals surface area contributed by atoms with Crippen LogP contribution in [0.1, 0.15) is 20.8 Å². The zero-order valence-electron chi connectivity index (χ0n) is 12.3. The number of fused-ring (bicyclic) bond motifs is 1. The molecule has 1 heterocycles. The first kappa shape index (κ1) is 15.1. The molecule has 1 aromatic carbocycles. The smallest absolute Gasteiger partial charge is 0.369 e. The van der Waals surface area contributed by atoms with Gasteiger partial charge in [-0.25, -0.2) is 0 Å². The summed E-state index contributed by atoms with van der Waals surface area (Å²) in [5.41, 5.74) is 0. The van der Waals surface area contributed by atoms with E-state index in [9.17, 15) is 0 Å². The van der Waals surface area contributed by atoms with Crippen molar-refractivity contribution in [2.75, 3.05) is 19.8 Å². The molecule has 2 aromatic rings. The molecule has 0 saturated heterocycles. The molecule has 2 rings (SSSR count). The maximum atomic E-state index is 5.94. The molecular formula is C15H21NO3Si. The van der Waals surface area contributed by atoms with E-state index in [1.807, 2.05) is 45.0 Å². The third-order valence-electron chi connectivity index (χ3n) is 2.97. The van der Waals surface area contributed by atoms with Crippen LogP contribution in [0.15, 0.2) is 36.5 Å². The average molecular weight is 291 g/mol. The highest BCUT2D eigenvalue weighted by molar-refractivity contribution is 6.76. The van der Waals surface area contributed by atoms with E-state index < -0.39 is 8.80 Å². The van der Waals surface area contributed by atoms with Gasteiger partial charge in [-0.15, -0.1) is 0 Å². The molecule has 20 heavy (non-hydrogen) atoms. The van der Waals surface area contributed by atoms with Crippen LogP contribution in [0, 0.1) is 0 Å². The molecule has 0 atom stereocenters. The second-order valence-corrected chi connectivity index (χ2v) is 6.69. The topological polar surface area (TPSA) is 40.6 Å². The van der Waals surface area contributed by atoms with Gasteiger partial charge in [-0.05, 0) is 32.2 Å². The lowest BCUT2D eigenvalue weighted by Gasteiger charge is -2.28. The van der Waals surface area contributed by atoms with E-state index in [4.69, 9.17) is 13.3 Å². The number of benzene rings is 1. The molecule has 0 aliphatic heterocycles. The maximum Gasteiger partial charge on any atom is 0.557 e. The van der Waals surface area contributed by atoms with E-state index in [0.29, 0.717) is 19.8 Å². The van der Waals surface area contributed by atoms with Crippen molar-refractivity contribution in [3.8, 4) is 0 Å². The second kappa shape index (κ2) is 6.94. The summed E-state index contributed by atoms with van der Waals surface area (Å²) >= 11 is 0. The Labute approximate surface area is 121 Å². The lowest BCUT2D eigenvalue weighted by Crippen LogP contribution is -2.58. The van der Waals surface area contributed by atoms with E-state index in [1.165, 1.54) is 0 Å². The first-order valence-corrected chi connectivity index (χ1v) is 8.76. The highest BCUT2D eigenvalue weighted by atomic mass is 28.4. The Morgan fingerprint density at radius 3 is 2.10 bits per heavy atom. The van der Waals surface area contributed by atoms with Crippen molar-refractivity contribution in [1.29, 1.82) is 0 Å². The summed E-state index contributed by atoms with van der Waals surface area (Å²) in [5.74, 6) is 0. The SMILES string of the molecule is CCO[Si](OCC)(OCC)c1nccc2ccccc12. The number of aromatic nitrogens is 1. The van der Waals surface area contributed by atoms with E-state index >= 15 is 0 Å². The second-order valence-electron chi connectivity index (χ2n) is 4.24. The van der Waals surface area contributed by atoms with E-state index in [0.717, 1.165) is 16.1 Å². The standard InChI is InChI=1S/C15H21NO3Si/c1-4-17-20(18-5-2,19-6-3)15-14-10-8-7-9-13(14)11-12-16-15/h7-12H,4-6H2,1-3H3. The fourth-order valence-corrected chi connectivity index (χ4v) is 4.85. The quantitative estimate of drug-likeness (QED) is 0.735. The van der Waals surface area contributed by atoms with Gasteiger partial charge < -0.3 is 13.3 Å². The molecular weight excluding hydrogens is 270 g/mol. The fraction of sp³-hybridized carbons (Fsp3) is 0.400. The van der Waals surface area contributed by atoms with Crippen molar-refractivity contribution in [3.05, 3.63) is 36.5 Å². The van der Waals surface area contributed by atoms with Gasteiger partial charge in [0.1, 0.15) is 5.32 Å². The lowest BCUT2D eigenvalue weighted by molar-refractivity contribution is 0.0853. The van der Waals surface area contributed by atoms with Gasteiger partial charge in [-0.3, -0.25) is 4.98 Å². The van der Waals surface area contributed by atoms with Crippen LogP contribution in [0.25, 0.3) is 10.8 Å². The first-order chi connectivity index (χ1) is 9.77. The molecule has 0 spiro atoms. The monoisotopic (exact) mass is 291 g/mol. The highest BCUT2D eigenvalue weighted by Crippen LogP contribution is 2.17. The molecule has 0 fully saturated rings. The summed E-state index contributed by atoms with van der Waals surface area (Å²) in [6.45, 7) is 7.46. The number of rotatable bonds is 7. The average Bonchev–Trinajstić information content (AvgIpc) is 2.47. The molecule has 1 aromatic heterocycles. The van der Waals surface area contributed by atoms with Gasteiger partial charge in [-0.1, -0.05) is 24.3 Å². The van der Waals surface area contributed by atoms with Crippen LogP contribution < -0.4 is 5.32 Å². The molecule has 0 unspecified atom stereocenters. The van der Waals surface area contributed by atoms with E-state index in [-0.39, 0.29) is 0 Å². The van der Waals surface area contributed by atoms with Crippen molar-refractivity contribution in [2.45, 2.75) is 20.8 Å². The minimum Gasteiger partial charge on any atom is -0.369 e. The van der Waals surface area contributed by atoms with Crippen molar-refractivity contribution >= 4 is 24.9 Å². The van der Waals surface area contributed by atoms with Crippen molar-refractivity contribution in [1.82, 2.24) is 4.98 Å². The van der Waals surface area contributed by atoms with Crippen LogP contribution in [0.5, 0.6) is 0 Å². The van der Waals surface area contributed by atoms with Crippen LogP contribution in [0.4, 0.5) is 0 Å². The van der Waals surface area contributed by atoms with Crippen LogP contribution in [0.3, 0.4) is 0 Å². The molecule has 0 saturated carbocycles. The normalized spacial score (nSPS) is 11.9. The molecule has 0 aliphatic carbocycles. The van der Waals surface area contributed by atoms with Crippen LogP contribution in [-0.4, -0.2) is 33.6 Å². The summed E-state index contributed by atoms with van der Waals surface area (Å²) in [4.78, 5) is 4.52. The Balaban J connectivity index is 2.60. The Bertz CT molecular complexity index is 539. The molecule has 0 aliphatic rings. The lowest BCUT2D eigenvalue weighted by atomic mass is 10.2. The first-order valence-electron chi connectivity index (χ1n) is 7.03. The zero-order valence-corrected chi connectivity index (χ0v) is 13.3. The minimum atomic E-state index is -2.95. The van der Waals surface area contributed by atoms with Crippen molar-refractivity contribution in [2.24, 2.45) is 0 Å². The Morgan fingerprint density at radius 2 is 1.50 bits per heavy atom. The van der Waals surface area contributed by atoms with Gasteiger partial charge in [0, 0.05) is 31.4 Å². The highest BCUT2D eigenvalue weighted by Gasteiger charge is 2.46. The summed E-state index contributed by atoms with van der Waals surface area (Å²) in [6, 6.07) is 10.1. The zero-order chi connectivity index (χ0) is 14.4. The van der Waals surface area contributed by atoms with Gasteiger partial charge in [0.05, 0.1) is 0 Å². The van der Waals surface area contributed by atoms with E-state index in [2.05, 4.69) is 11.1 Å². The summed E-state index contributed by atoms with van der Waals surface area (Å²) in [5, 5.41) is 2.96. The van der Waals surface area contributed by atoms with Gasteiger partial charge >= 0.3 is 8.80 Å². The van der Waals surface area contributed by atoms with Gasteiger partial charge in [0.15, 0.2) is 0 Å². The molecule has 4 nitrogen and oxygen atoms in total. The number of nitrogens with zero attached hydrogens (tertiary/aromatic N) is 1. The Morgan fingerprint density at radius 1 is 0.900 bits per heavy atom. The largest absolute Gasteiger partial charge is 0.557 e. The van der Waals surface area contributed by atoms with Gasteiger partial charge in [-0.2, -0.15) is 0 Å².